The highest BCUT2D eigenvalue weighted by Crippen LogP contribution is 2.41. The summed E-state index contributed by atoms with van der Waals surface area (Å²) in [5.41, 5.74) is 1.39. The van der Waals surface area contributed by atoms with Crippen LogP contribution in [0, 0.1) is 5.92 Å². The number of nitrogens with zero attached hydrogens (tertiary/aromatic N) is 2. The van der Waals surface area contributed by atoms with Crippen LogP contribution in [0.1, 0.15) is 43.0 Å². The maximum atomic E-state index is 12.3. The number of nitrogens with one attached hydrogen (secondary N) is 2. The molecule has 1 unspecified atom stereocenters. The largest absolute Gasteiger partial charge is 0.401 e. The number of thiophene rings is 1. The van der Waals surface area contributed by atoms with E-state index in [0.29, 0.717) is 5.92 Å². The Hall–Kier alpha value is -1.41. The molecular formula is C18H23F3N4S. The number of halogens is 3. The van der Waals surface area contributed by atoms with Crippen molar-refractivity contribution in [3.8, 4) is 0 Å². The number of alkyl halides is 3. The summed E-state index contributed by atoms with van der Waals surface area (Å²) in [7, 11) is 0. The van der Waals surface area contributed by atoms with Gasteiger partial charge in [0.15, 0.2) is 0 Å². The number of fused-ring (bicyclic) bond motifs is 3. The molecule has 1 saturated carbocycles. The van der Waals surface area contributed by atoms with Gasteiger partial charge in [0.05, 0.1) is 11.9 Å². The number of hydrogen-bond donors (Lipinski definition) is 2. The molecule has 2 aliphatic rings. The van der Waals surface area contributed by atoms with Crippen LogP contribution in [0.25, 0.3) is 10.2 Å². The molecule has 2 aliphatic carbocycles. The van der Waals surface area contributed by atoms with Gasteiger partial charge in [-0.3, -0.25) is 0 Å². The first kappa shape index (κ1) is 18.0. The lowest BCUT2D eigenvalue weighted by atomic mass is 9.91. The lowest BCUT2D eigenvalue weighted by Gasteiger charge is -2.30. The highest BCUT2D eigenvalue weighted by atomic mass is 32.1. The second-order valence-corrected chi connectivity index (χ2v) is 8.69. The molecular weight excluding hydrogens is 361 g/mol. The molecule has 0 bridgehead atoms. The van der Waals surface area contributed by atoms with Gasteiger partial charge in [-0.25, -0.2) is 9.97 Å². The van der Waals surface area contributed by atoms with E-state index in [1.165, 1.54) is 10.4 Å². The Labute approximate surface area is 154 Å². The van der Waals surface area contributed by atoms with E-state index in [2.05, 4.69) is 27.5 Å². The van der Waals surface area contributed by atoms with Gasteiger partial charge in [-0.15, -0.1) is 11.3 Å². The zero-order valence-electron chi connectivity index (χ0n) is 14.7. The molecule has 2 aromatic rings. The van der Waals surface area contributed by atoms with E-state index in [1.807, 2.05) is 0 Å². The third-order valence-electron chi connectivity index (χ3n) is 5.42. The van der Waals surface area contributed by atoms with Crippen LogP contribution < -0.4 is 10.6 Å². The van der Waals surface area contributed by atoms with E-state index in [9.17, 15) is 13.2 Å². The van der Waals surface area contributed by atoms with Crippen LogP contribution >= 0.6 is 11.3 Å². The number of anilines is 1. The zero-order valence-corrected chi connectivity index (χ0v) is 15.5. The van der Waals surface area contributed by atoms with E-state index in [4.69, 9.17) is 0 Å². The fourth-order valence-corrected chi connectivity index (χ4v) is 5.49. The maximum absolute atomic E-state index is 12.3. The summed E-state index contributed by atoms with van der Waals surface area (Å²) in [6, 6.07) is 0.206. The Bertz CT molecular complexity index is 781. The topological polar surface area (TPSA) is 49.8 Å². The van der Waals surface area contributed by atoms with Crippen LogP contribution in [0.5, 0.6) is 0 Å². The van der Waals surface area contributed by atoms with E-state index >= 15 is 0 Å². The molecule has 4 nitrogen and oxygen atoms in total. The van der Waals surface area contributed by atoms with Crippen molar-refractivity contribution in [2.24, 2.45) is 5.92 Å². The van der Waals surface area contributed by atoms with Crippen LogP contribution in [-0.4, -0.2) is 34.8 Å². The quantitative estimate of drug-likeness (QED) is 0.825. The van der Waals surface area contributed by atoms with Gasteiger partial charge in [0.2, 0.25) is 0 Å². The molecule has 1 atom stereocenters. The highest BCUT2D eigenvalue weighted by Gasteiger charge is 2.30. The van der Waals surface area contributed by atoms with E-state index < -0.39 is 12.7 Å². The standard InChI is InChI=1S/C18H23F3N4S/c1-10-6-13-14(7-10)26-17-15(13)16(23-9-24-17)25-12-4-2-11(3-5-12)22-8-18(19,20)21/h9-12,22H,2-8H2,1H3,(H,23,24,25)/t10?,11-,12-. The van der Waals surface area contributed by atoms with E-state index in [-0.39, 0.29) is 12.1 Å². The molecule has 2 heterocycles. The number of hydrogen-bond acceptors (Lipinski definition) is 5. The van der Waals surface area contributed by atoms with Crippen molar-refractivity contribution in [1.29, 1.82) is 0 Å². The molecule has 0 aliphatic heterocycles. The summed E-state index contributed by atoms with van der Waals surface area (Å²) >= 11 is 1.77. The molecule has 0 saturated heterocycles. The molecule has 142 valence electrons. The van der Waals surface area contributed by atoms with Crippen LogP contribution in [0.4, 0.5) is 19.0 Å². The molecule has 0 radical (unpaired) electrons. The van der Waals surface area contributed by atoms with Gasteiger partial charge in [0.1, 0.15) is 17.0 Å². The van der Waals surface area contributed by atoms with Crippen molar-refractivity contribution in [3.63, 3.8) is 0 Å². The number of rotatable bonds is 4. The summed E-state index contributed by atoms with van der Waals surface area (Å²) in [6.07, 6.45) is 2.86. The Kier molecular flexibility index (Phi) is 4.81. The van der Waals surface area contributed by atoms with E-state index in [0.717, 1.165) is 54.6 Å². The van der Waals surface area contributed by atoms with Gasteiger partial charge in [-0.2, -0.15) is 13.2 Å². The van der Waals surface area contributed by atoms with Crippen molar-refractivity contribution < 1.29 is 13.2 Å². The summed E-state index contributed by atoms with van der Waals surface area (Å²) in [4.78, 5) is 11.4. The normalized spacial score (nSPS) is 26.2. The first-order valence-corrected chi connectivity index (χ1v) is 10.0. The molecule has 0 amide bonds. The van der Waals surface area contributed by atoms with Crippen molar-refractivity contribution >= 4 is 27.4 Å². The Morgan fingerprint density at radius 1 is 1.12 bits per heavy atom. The zero-order chi connectivity index (χ0) is 18.3. The minimum absolute atomic E-state index is 0.0497. The van der Waals surface area contributed by atoms with Gasteiger partial charge in [-0.1, -0.05) is 6.92 Å². The fourth-order valence-electron chi connectivity index (χ4n) is 4.16. The molecule has 4 rings (SSSR count). The van der Waals surface area contributed by atoms with Gasteiger partial charge in [0.25, 0.3) is 0 Å². The second-order valence-electron chi connectivity index (χ2n) is 7.61. The Balaban J connectivity index is 1.41. The van der Waals surface area contributed by atoms with Gasteiger partial charge < -0.3 is 10.6 Å². The van der Waals surface area contributed by atoms with E-state index in [1.54, 1.807) is 17.7 Å². The third kappa shape index (κ3) is 3.81. The molecule has 2 aromatic heterocycles. The predicted molar refractivity (Wildman–Crippen MR) is 97.7 cm³/mol. The maximum Gasteiger partial charge on any atom is 0.401 e. The van der Waals surface area contributed by atoms with Crippen LogP contribution in [0.2, 0.25) is 0 Å². The summed E-state index contributed by atoms with van der Waals surface area (Å²) < 4.78 is 37.0. The summed E-state index contributed by atoms with van der Waals surface area (Å²) in [5, 5.41) is 7.35. The average molecular weight is 384 g/mol. The molecule has 0 aromatic carbocycles. The van der Waals surface area contributed by atoms with Crippen molar-refractivity contribution in [1.82, 2.24) is 15.3 Å². The third-order valence-corrected chi connectivity index (χ3v) is 6.58. The SMILES string of the molecule is CC1Cc2sc3ncnc(N[C@H]4CC[C@H](NCC(F)(F)F)CC4)c3c2C1. The molecule has 1 fully saturated rings. The smallest absolute Gasteiger partial charge is 0.367 e. The Morgan fingerprint density at radius 2 is 1.85 bits per heavy atom. The predicted octanol–water partition coefficient (Wildman–Crippen LogP) is 4.30. The highest BCUT2D eigenvalue weighted by molar-refractivity contribution is 7.19. The van der Waals surface area contributed by atoms with Crippen LogP contribution in [-0.2, 0) is 12.8 Å². The summed E-state index contributed by atoms with van der Waals surface area (Å²) in [5.74, 6) is 1.57. The molecule has 8 heteroatoms. The lowest BCUT2D eigenvalue weighted by molar-refractivity contribution is -0.126. The average Bonchev–Trinajstić information content (AvgIpc) is 3.09. The van der Waals surface area contributed by atoms with Crippen molar-refractivity contribution in [2.75, 3.05) is 11.9 Å². The Morgan fingerprint density at radius 3 is 2.58 bits per heavy atom. The van der Waals surface area contributed by atoms with Gasteiger partial charge in [-0.05, 0) is 50.0 Å². The van der Waals surface area contributed by atoms with Crippen molar-refractivity contribution in [2.45, 2.75) is 63.7 Å². The molecule has 0 spiro atoms. The minimum atomic E-state index is -4.14. The molecule has 26 heavy (non-hydrogen) atoms. The lowest BCUT2D eigenvalue weighted by Crippen LogP contribution is -2.41. The molecule has 2 N–H and O–H groups in total. The summed E-state index contributed by atoms with van der Waals surface area (Å²) in [6.45, 7) is 1.37. The fraction of sp³-hybridized carbons (Fsp3) is 0.667. The monoisotopic (exact) mass is 384 g/mol. The van der Waals surface area contributed by atoms with Crippen LogP contribution in [0.15, 0.2) is 6.33 Å². The number of aromatic nitrogens is 2. The van der Waals surface area contributed by atoms with Crippen LogP contribution in [0.3, 0.4) is 0 Å². The first-order valence-electron chi connectivity index (χ1n) is 9.21. The van der Waals surface area contributed by atoms with Gasteiger partial charge in [0, 0.05) is 17.0 Å². The minimum Gasteiger partial charge on any atom is -0.367 e. The first-order chi connectivity index (χ1) is 12.4. The van der Waals surface area contributed by atoms with Gasteiger partial charge >= 0.3 is 6.18 Å². The van der Waals surface area contributed by atoms with Crippen molar-refractivity contribution in [3.05, 3.63) is 16.8 Å². The second kappa shape index (κ2) is 6.96.